The smallest absolute Gasteiger partial charge is 0.270 e. The minimum absolute atomic E-state index is 0.0821. The van der Waals surface area contributed by atoms with Gasteiger partial charge in [-0.2, -0.15) is 0 Å². The molecule has 2 N–H and O–H groups in total. The van der Waals surface area contributed by atoms with Crippen molar-refractivity contribution in [3.05, 3.63) is 94.8 Å². The van der Waals surface area contributed by atoms with E-state index in [1.54, 1.807) is 19.1 Å². The Kier molecular flexibility index (Phi) is 6.06. The number of nitrogens with zero attached hydrogens (tertiary/aromatic N) is 2. The Morgan fingerprint density at radius 1 is 0.857 bits per heavy atom. The molecular weight excluding hydrogens is 359 g/mol. The average molecular weight is 378 g/mol. The molecule has 3 rings (SSSR count). The number of hydrogen-bond donors (Lipinski definition) is 2. The van der Waals surface area contributed by atoms with Crippen molar-refractivity contribution in [3.63, 3.8) is 0 Å². The molecule has 0 unspecified atom stereocenters. The lowest BCUT2D eigenvalue weighted by Gasteiger charge is -2.08. The van der Waals surface area contributed by atoms with Gasteiger partial charge in [-0.25, -0.2) is 14.4 Å². The highest BCUT2D eigenvalue weighted by Crippen LogP contribution is 2.09. The van der Waals surface area contributed by atoms with E-state index >= 15 is 0 Å². The maximum absolute atomic E-state index is 13.3. The van der Waals surface area contributed by atoms with Gasteiger partial charge in [0, 0.05) is 19.2 Å². The molecule has 0 radical (unpaired) electrons. The van der Waals surface area contributed by atoms with Crippen molar-refractivity contribution in [1.29, 1.82) is 0 Å². The van der Waals surface area contributed by atoms with Crippen molar-refractivity contribution in [2.45, 2.75) is 20.0 Å². The molecule has 0 saturated heterocycles. The fourth-order valence-electron chi connectivity index (χ4n) is 2.56. The maximum Gasteiger partial charge on any atom is 0.270 e. The Bertz CT molecular complexity index is 993. The van der Waals surface area contributed by atoms with Crippen LogP contribution in [0.5, 0.6) is 0 Å². The largest absolute Gasteiger partial charge is 0.347 e. The number of rotatable bonds is 6. The molecule has 28 heavy (non-hydrogen) atoms. The van der Waals surface area contributed by atoms with Crippen molar-refractivity contribution in [2.75, 3.05) is 0 Å². The first-order chi connectivity index (χ1) is 13.5. The molecule has 0 spiro atoms. The topological polar surface area (TPSA) is 84.0 Å². The van der Waals surface area contributed by atoms with Crippen LogP contribution in [0.2, 0.25) is 0 Å². The van der Waals surface area contributed by atoms with Gasteiger partial charge in [0.25, 0.3) is 11.8 Å². The summed E-state index contributed by atoms with van der Waals surface area (Å²) < 4.78 is 13.3. The SMILES string of the molecule is Cc1cc(CNC(=O)c2cc(C(=O)NCc3ccccc3)ncn2)ccc1F. The van der Waals surface area contributed by atoms with Crippen LogP contribution in [-0.4, -0.2) is 21.8 Å². The fourth-order valence-corrected chi connectivity index (χ4v) is 2.56. The first-order valence-corrected chi connectivity index (χ1v) is 8.70. The monoisotopic (exact) mass is 378 g/mol. The van der Waals surface area contributed by atoms with Gasteiger partial charge in [0.15, 0.2) is 0 Å². The molecule has 0 aliphatic rings. The van der Waals surface area contributed by atoms with Crippen LogP contribution in [0.3, 0.4) is 0 Å². The lowest BCUT2D eigenvalue weighted by atomic mass is 10.1. The first kappa shape index (κ1) is 19.2. The summed E-state index contributed by atoms with van der Waals surface area (Å²) in [6.45, 7) is 2.24. The number of nitrogens with one attached hydrogen (secondary N) is 2. The van der Waals surface area contributed by atoms with E-state index in [2.05, 4.69) is 20.6 Å². The number of benzene rings is 2. The Morgan fingerprint density at radius 2 is 1.46 bits per heavy atom. The number of hydrogen-bond acceptors (Lipinski definition) is 4. The fraction of sp³-hybridized carbons (Fsp3) is 0.143. The van der Waals surface area contributed by atoms with E-state index in [-0.39, 0.29) is 23.7 Å². The molecular formula is C21H19FN4O2. The van der Waals surface area contributed by atoms with Crippen LogP contribution in [-0.2, 0) is 13.1 Å². The predicted molar refractivity (Wildman–Crippen MR) is 102 cm³/mol. The van der Waals surface area contributed by atoms with Gasteiger partial charge in [0.2, 0.25) is 0 Å². The van der Waals surface area contributed by atoms with E-state index in [9.17, 15) is 14.0 Å². The predicted octanol–water partition coefficient (Wildman–Crippen LogP) is 2.78. The lowest BCUT2D eigenvalue weighted by Crippen LogP contribution is -2.27. The molecule has 2 amide bonds. The zero-order chi connectivity index (χ0) is 19.9. The first-order valence-electron chi connectivity index (χ1n) is 8.70. The second kappa shape index (κ2) is 8.85. The van der Waals surface area contributed by atoms with Gasteiger partial charge in [-0.15, -0.1) is 0 Å². The Balaban J connectivity index is 1.60. The number of carbonyl (C=O) groups is 2. The summed E-state index contributed by atoms with van der Waals surface area (Å²) in [6.07, 6.45) is 1.17. The van der Waals surface area contributed by atoms with E-state index in [0.717, 1.165) is 11.1 Å². The maximum atomic E-state index is 13.3. The molecule has 7 heteroatoms. The molecule has 2 aromatic carbocycles. The zero-order valence-corrected chi connectivity index (χ0v) is 15.3. The number of carbonyl (C=O) groups excluding carboxylic acids is 2. The van der Waals surface area contributed by atoms with Gasteiger partial charge in [-0.05, 0) is 29.7 Å². The van der Waals surface area contributed by atoms with Gasteiger partial charge >= 0.3 is 0 Å². The summed E-state index contributed by atoms with van der Waals surface area (Å²) in [5.74, 6) is -1.13. The van der Waals surface area contributed by atoms with Crippen LogP contribution in [0.4, 0.5) is 4.39 Å². The number of amides is 2. The van der Waals surface area contributed by atoms with Gasteiger partial charge in [0.1, 0.15) is 23.5 Å². The normalized spacial score (nSPS) is 10.4. The Labute approximate surface area is 161 Å². The number of aryl methyl sites for hydroxylation is 1. The molecule has 0 saturated carbocycles. The van der Waals surface area contributed by atoms with Gasteiger partial charge in [-0.1, -0.05) is 42.5 Å². The summed E-state index contributed by atoms with van der Waals surface area (Å²) in [7, 11) is 0. The Hall–Kier alpha value is -3.61. The summed E-state index contributed by atoms with van der Waals surface area (Å²) in [4.78, 5) is 32.4. The number of halogens is 1. The molecule has 6 nitrogen and oxygen atoms in total. The quantitative estimate of drug-likeness (QED) is 0.691. The van der Waals surface area contributed by atoms with E-state index in [4.69, 9.17) is 0 Å². The average Bonchev–Trinajstić information content (AvgIpc) is 2.73. The van der Waals surface area contributed by atoms with Crippen LogP contribution < -0.4 is 10.6 Å². The molecule has 0 aliphatic heterocycles. The van der Waals surface area contributed by atoms with Crippen LogP contribution in [0.25, 0.3) is 0 Å². The second-order valence-electron chi connectivity index (χ2n) is 6.22. The molecule has 1 aromatic heterocycles. The van der Waals surface area contributed by atoms with E-state index in [1.165, 1.54) is 18.5 Å². The van der Waals surface area contributed by atoms with Crippen LogP contribution in [0.1, 0.15) is 37.7 Å². The van der Waals surface area contributed by atoms with Crippen molar-refractivity contribution in [1.82, 2.24) is 20.6 Å². The van der Waals surface area contributed by atoms with Crippen LogP contribution in [0, 0.1) is 12.7 Å². The highest BCUT2D eigenvalue weighted by Gasteiger charge is 2.13. The molecule has 0 aliphatic carbocycles. The molecule has 0 fully saturated rings. The second-order valence-corrected chi connectivity index (χ2v) is 6.22. The third-order valence-electron chi connectivity index (χ3n) is 4.10. The molecule has 1 heterocycles. The summed E-state index contributed by atoms with van der Waals surface area (Å²) in [5, 5.41) is 5.46. The van der Waals surface area contributed by atoms with Crippen LogP contribution >= 0.6 is 0 Å². The molecule has 0 bridgehead atoms. The van der Waals surface area contributed by atoms with E-state index in [0.29, 0.717) is 12.1 Å². The molecule has 0 atom stereocenters. The van der Waals surface area contributed by atoms with Gasteiger partial charge in [0.05, 0.1) is 0 Å². The van der Waals surface area contributed by atoms with E-state index < -0.39 is 11.8 Å². The van der Waals surface area contributed by atoms with Gasteiger partial charge in [-0.3, -0.25) is 9.59 Å². The van der Waals surface area contributed by atoms with Crippen molar-refractivity contribution in [2.24, 2.45) is 0 Å². The highest BCUT2D eigenvalue weighted by atomic mass is 19.1. The lowest BCUT2D eigenvalue weighted by molar-refractivity contribution is 0.0944. The van der Waals surface area contributed by atoms with Gasteiger partial charge < -0.3 is 10.6 Å². The molecule has 3 aromatic rings. The third kappa shape index (κ3) is 4.97. The van der Waals surface area contributed by atoms with Crippen molar-refractivity contribution < 1.29 is 14.0 Å². The number of aromatic nitrogens is 2. The van der Waals surface area contributed by atoms with E-state index in [1.807, 2.05) is 30.3 Å². The zero-order valence-electron chi connectivity index (χ0n) is 15.3. The molecule has 142 valence electrons. The summed E-state index contributed by atoms with van der Waals surface area (Å²) in [6, 6.07) is 15.4. The van der Waals surface area contributed by atoms with Crippen LogP contribution in [0.15, 0.2) is 60.9 Å². The minimum Gasteiger partial charge on any atom is -0.347 e. The highest BCUT2D eigenvalue weighted by molar-refractivity contribution is 5.97. The third-order valence-corrected chi connectivity index (χ3v) is 4.10. The van der Waals surface area contributed by atoms with Crippen molar-refractivity contribution in [3.8, 4) is 0 Å². The van der Waals surface area contributed by atoms with Crippen molar-refractivity contribution >= 4 is 11.8 Å². The minimum atomic E-state index is -0.443. The Morgan fingerprint density at radius 3 is 2.07 bits per heavy atom. The summed E-state index contributed by atoms with van der Waals surface area (Å²) >= 11 is 0. The summed E-state index contributed by atoms with van der Waals surface area (Å²) in [5.41, 5.74) is 2.41. The standard InChI is InChI=1S/C21H19FN4O2/c1-14-9-16(7-8-17(14)22)12-24-21(28)19-10-18(25-13-26-19)20(27)23-11-15-5-3-2-4-6-15/h2-10,13H,11-12H2,1H3,(H,23,27)(H,24,28).